The smallest absolute Gasteiger partial charge is 0.144 e. The molecule has 1 atom stereocenters. The highest BCUT2D eigenvalue weighted by Gasteiger charge is 2.17. The number of thiazole rings is 1. The summed E-state index contributed by atoms with van der Waals surface area (Å²) in [5.74, 6) is 1.01. The zero-order valence-corrected chi connectivity index (χ0v) is 15.5. The van der Waals surface area contributed by atoms with Crippen molar-refractivity contribution in [3.63, 3.8) is 0 Å². The largest absolute Gasteiger partial charge is 0.329 e. The quantitative estimate of drug-likeness (QED) is 0.753. The summed E-state index contributed by atoms with van der Waals surface area (Å²) in [7, 11) is 2.09. The van der Waals surface area contributed by atoms with Crippen LogP contribution in [0.5, 0.6) is 0 Å². The van der Waals surface area contributed by atoms with Crippen LogP contribution in [0.1, 0.15) is 20.3 Å². The summed E-state index contributed by atoms with van der Waals surface area (Å²) in [5.41, 5.74) is 2.40. The molecule has 0 saturated carbocycles. The van der Waals surface area contributed by atoms with Crippen LogP contribution in [0, 0.1) is 0 Å². The molecule has 1 aliphatic carbocycles. The van der Waals surface area contributed by atoms with E-state index in [0.717, 1.165) is 30.3 Å². The lowest BCUT2D eigenvalue weighted by molar-refractivity contribution is 0.253. The second-order valence-electron chi connectivity index (χ2n) is 5.95. The Labute approximate surface area is 148 Å². The molecule has 2 aromatic rings. The Balaban J connectivity index is 1.71. The minimum atomic E-state index is 0.521. The molecule has 0 aliphatic heterocycles. The Kier molecular flexibility index (Phi) is 5.48. The Hall–Kier alpha value is -1.91. The van der Waals surface area contributed by atoms with Crippen LogP contribution in [0.25, 0.3) is 10.6 Å². The molecule has 1 aliphatic rings. The molecule has 3 rings (SSSR count). The van der Waals surface area contributed by atoms with Crippen molar-refractivity contribution < 1.29 is 0 Å². The minimum absolute atomic E-state index is 0.521. The summed E-state index contributed by atoms with van der Waals surface area (Å²) in [6.07, 6.45) is 7.94. The minimum Gasteiger partial charge on any atom is -0.329 e. The first-order chi connectivity index (χ1) is 11.7. The number of hydrogen-bond acceptors (Lipinski definition) is 4. The second-order valence-corrected chi connectivity index (χ2v) is 6.81. The molecule has 126 valence electrons. The molecule has 1 unspecified atom stereocenters. The normalized spacial score (nSPS) is 17.2. The van der Waals surface area contributed by atoms with Crippen LogP contribution in [0.4, 0.5) is 5.82 Å². The number of benzene rings is 1. The van der Waals surface area contributed by atoms with Gasteiger partial charge >= 0.3 is 0 Å². The van der Waals surface area contributed by atoms with E-state index in [9.17, 15) is 0 Å². The lowest BCUT2D eigenvalue weighted by atomic mass is 10.0. The highest BCUT2D eigenvalue weighted by molar-refractivity contribution is 7.13. The topological polar surface area (TPSA) is 19.4 Å². The van der Waals surface area contributed by atoms with Gasteiger partial charge in [0.1, 0.15) is 10.8 Å². The van der Waals surface area contributed by atoms with E-state index in [2.05, 4.69) is 78.6 Å². The fourth-order valence-corrected chi connectivity index (χ4v) is 3.92. The average Bonchev–Trinajstić information content (AvgIpc) is 3.14. The summed E-state index contributed by atoms with van der Waals surface area (Å²) >= 11 is 1.70. The predicted molar refractivity (Wildman–Crippen MR) is 105 cm³/mol. The molecular formula is C20H25N3S. The third-order valence-electron chi connectivity index (χ3n) is 4.58. The Morgan fingerprint density at radius 2 is 1.92 bits per heavy atom. The molecule has 0 N–H and O–H groups in total. The number of anilines is 1. The van der Waals surface area contributed by atoms with Gasteiger partial charge in [-0.3, -0.25) is 4.90 Å². The molecule has 1 aromatic carbocycles. The van der Waals surface area contributed by atoms with Gasteiger partial charge in [-0.15, -0.1) is 11.3 Å². The van der Waals surface area contributed by atoms with E-state index in [1.54, 1.807) is 11.3 Å². The molecule has 3 nitrogen and oxygen atoms in total. The van der Waals surface area contributed by atoms with Gasteiger partial charge in [0.25, 0.3) is 0 Å². The molecule has 0 saturated heterocycles. The molecule has 4 heteroatoms. The third kappa shape index (κ3) is 3.60. The highest BCUT2D eigenvalue weighted by Crippen LogP contribution is 2.29. The Morgan fingerprint density at radius 1 is 1.17 bits per heavy atom. The maximum Gasteiger partial charge on any atom is 0.144 e. The van der Waals surface area contributed by atoms with Gasteiger partial charge in [0, 0.05) is 29.7 Å². The summed E-state index contributed by atoms with van der Waals surface area (Å²) in [6, 6.07) is 10.9. The van der Waals surface area contributed by atoms with E-state index in [1.807, 2.05) is 6.07 Å². The second kappa shape index (κ2) is 7.77. The molecule has 0 fully saturated rings. The van der Waals surface area contributed by atoms with Crippen LogP contribution < -0.4 is 4.90 Å². The van der Waals surface area contributed by atoms with Gasteiger partial charge in [-0.1, -0.05) is 56.3 Å². The molecule has 1 heterocycles. The molecule has 0 spiro atoms. The van der Waals surface area contributed by atoms with Crippen LogP contribution in [-0.2, 0) is 0 Å². The van der Waals surface area contributed by atoms with Gasteiger partial charge < -0.3 is 4.90 Å². The number of rotatable bonds is 6. The van der Waals surface area contributed by atoms with Crippen molar-refractivity contribution in [2.45, 2.75) is 26.3 Å². The Bertz CT molecular complexity index is 713. The zero-order chi connectivity index (χ0) is 16.9. The van der Waals surface area contributed by atoms with Crippen molar-refractivity contribution in [2.75, 3.05) is 25.0 Å². The molecule has 24 heavy (non-hydrogen) atoms. The van der Waals surface area contributed by atoms with E-state index >= 15 is 0 Å². The standard InChI is InChI=1S/C20H25N3S/c1-4-23(5-2)18-13-11-17(12-14-18)22(3)19-15-24-20(21-19)16-9-7-6-8-10-16/h6-13,15,18H,4-5,14H2,1-3H3. The molecule has 1 aromatic heterocycles. The van der Waals surface area contributed by atoms with Crippen molar-refractivity contribution in [3.05, 3.63) is 59.6 Å². The van der Waals surface area contributed by atoms with Crippen molar-refractivity contribution >= 4 is 17.2 Å². The summed E-state index contributed by atoms with van der Waals surface area (Å²) in [6.45, 7) is 6.64. The average molecular weight is 340 g/mol. The van der Waals surface area contributed by atoms with Gasteiger partial charge in [-0.25, -0.2) is 4.98 Å². The van der Waals surface area contributed by atoms with Crippen LogP contribution >= 0.6 is 11.3 Å². The van der Waals surface area contributed by atoms with Crippen molar-refractivity contribution in [3.8, 4) is 10.6 Å². The van der Waals surface area contributed by atoms with Crippen LogP contribution in [0.15, 0.2) is 59.6 Å². The van der Waals surface area contributed by atoms with Crippen LogP contribution in [-0.4, -0.2) is 36.1 Å². The summed E-state index contributed by atoms with van der Waals surface area (Å²) < 4.78 is 0. The monoisotopic (exact) mass is 339 g/mol. The first-order valence-corrected chi connectivity index (χ1v) is 9.48. The van der Waals surface area contributed by atoms with E-state index in [0.29, 0.717) is 6.04 Å². The van der Waals surface area contributed by atoms with Gasteiger partial charge in [-0.05, 0) is 25.6 Å². The first kappa shape index (κ1) is 16.9. The van der Waals surface area contributed by atoms with Crippen molar-refractivity contribution in [1.82, 2.24) is 9.88 Å². The summed E-state index contributed by atoms with van der Waals surface area (Å²) in [4.78, 5) is 9.47. The first-order valence-electron chi connectivity index (χ1n) is 8.60. The van der Waals surface area contributed by atoms with E-state index in [-0.39, 0.29) is 0 Å². The number of likely N-dealkylation sites (N-methyl/N-ethyl adjacent to an activating group) is 2. The fourth-order valence-electron chi connectivity index (χ4n) is 3.07. The SMILES string of the molecule is CCN(CC)C1C=CC(N(C)c2csc(-c3ccccc3)n2)=CC1. The number of nitrogens with zero attached hydrogens (tertiary/aromatic N) is 3. The van der Waals surface area contributed by atoms with Gasteiger partial charge in [0.15, 0.2) is 0 Å². The van der Waals surface area contributed by atoms with E-state index < -0.39 is 0 Å². The van der Waals surface area contributed by atoms with Gasteiger partial charge in [0.05, 0.1) is 0 Å². The van der Waals surface area contributed by atoms with E-state index in [1.165, 1.54) is 11.3 Å². The van der Waals surface area contributed by atoms with Gasteiger partial charge in [0.2, 0.25) is 0 Å². The van der Waals surface area contributed by atoms with Crippen LogP contribution in [0.2, 0.25) is 0 Å². The van der Waals surface area contributed by atoms with E-state index in [4.69, 9.17) is 4.98 Å². The number of aromatic nitrogens is 1. The predicted octanol–water partition coefficient (Wildman–Crippen LogP) is 4.80. The Morgan fingerprint density at radius 3 is 2.54 bits per heavy atom. The third-order valence-corrected chi connectivity index (χ3v) is 5.46. The summed E-state index contributed by atoms with van der Waals surface area (Å²) in [5, 5.41) is 3.20. The maximum atomic E-state index is 4.80. The molecule has 0 bridgehead atoms. The molecule has 0 radical (unpaired) electrons. The van der Waals surface area contributed by atoms with Gasteiger partial charge in [-0.2, -0.15) is 0 Å². The molecular weight excluding hydrogens is 314 g/mol. The highest BCUT2D eigenvalue weighted by atomic mass is 32.1. The van der Waals surface area contributed by atoms with Crippen LogP contribution in [0.3, 0.4) is 0 Å². The van der Waals surface area contributed by atoms with Crippen molar-refractivity contribution in [1.29, 1.82) is 0 Å². The molecule has 0 amide bonds. The fraction of sp³-hybridized carbons (Fsp3) is 0.350. The number of allylic oxidation sites excluding steroid dienone is 1. The maximum absolute atomic E-state index is 4.80. The lowest BCUT2D eigenvalue weighted by Crippen LogP contribution is -2.34. The zero-order valence-electron chi connectivity index (χ0n) is 14.6. The lowest BCUT2D eigenvalue weighted by Gasteiger charge is -2.30. The van der Waals surface area contributed by atoms with Crippen molar-refractivity contribution in [2.24, 2.45) is 0 Å². The number of hydrogen-bond donors (Lipinski definition) is 0.